The topological polar surface area (TPSA) is 79.4 Å². The van der Waals surface area contributed by atoms with Crippen LogP contribution in [0.2, 0.25) is 5.02 Å². The Labute approximate surface area is 221 Å². The van der Waals surface area contributed by atoms with E-state index in [4.69, 9.17) is 21.3 Å². The Kier molecular flexibility index (Phi) is 7.35. The molecule has 4 aromatic rings. The number of rotatable bonds is 6. The molecule has 5 rings (SSSR count). The van der Waals surface area contributed by atoms with Crippen molar-refractivity contribution >= 4 is 40.0 Å². The van der Waals surface area contributed by atoms with Crippen molar-refractivity contribution in [3.05, 3.63) is 83.1 Å². The molecule has 196 valence electrons. The van der Waals surface area contributed by atoms with Crippen LogP contribution in [0.1, 0.15) is 24.1 Å². The summed E-state index contributed by atoms with van der Waals surface area (Å²) in [6.45, 7) is 2.90. The summed E-state index contributed by atoms with van der Waals surface area (Å²) in [5.74, 6) is 1.00. The van der Waals surface area contributed by atoms with Gasteiger partial charge in [-0.2, -0.15) is 13.2 Å². The molecule has 11 heteroatoms. The molecule has 0 aliphatic carbocycles. The van der Waals surface area contributed by atoms with E-state index in [1.165, 1.54) is 18.9 Å². The van der Waals surface area contributed by atoms with Gasteiger partial charge in [0, 0.05) is 30.1 Å². The number of fused-ring (bicyclic) bond motifs is 1. The zero-order valence-electron chi connectivity index (χ0n) is 20.1. The van der Waals surface area contributed by atoms with Gasteiger partial charge in [0.05, 0.1) is 33.5 Å². The quantitative estimate of drug-likeness (QED) is 0.267. The molecule has 3 aromatic carbocycles. The van der Waals surface area contributed by atoms with Gasteiger partial charge in [0.15, 0.2) is 0 Å². The Balaban J connectivity index is 1.25. The minimum absolute atomic E-state index is 0.0481. The molecule has 0 saturated carbocycles. The van der Waals surface area contributed by atoms with E-state index >= 15 is 0 Å². The summed E-state index contributed by atoms with van der Waals surface area (Å²) in [6, 6.07) is 14.5. The first-order chi connectivity index (χ1) is 18.2. The van der Waals surface area contributed by atoms with Crippen LogP contribution in [0.3, 0.4) is 0 Å². The van der Waals surface area contributed by atoms with Crippen LogP contribution in [0.25, 0.3) is 11.0 Å². The molecule has 1 aliphatic heterocycles. The van der Waals surface area contributed by atoms with Crippen LogP contribution in [-0.2, 0) is 12.7 Å². The predicted molar refractivity (Wildman–Crippen MR) is 140 cm³/mol. The lowest BCUT2D eigenvalue weighted by molar-refractivity contribution is -0.137. The van der Waals surface area contributed by atoms with E-state index in [0.29, 0.717) is 22.7 Å². The van der Waals surface area contributed by atoms with Gasteiger partial charge in [-0.15, -0.1) is 0 Å². The van der Waals surface area contributed by atoms with Crippen LogP contribution < -0.4 is 15.4 Å². The Bertz CT molecular complexity index is 1480. The number of nitrogens with one attached hydrogen (secondary N) is 2. The fourth-order valence-corrected chi connectivity index (χ4v) is 4.45. The summed E-state index contributed by atoms with van der Waals surface area (Å²) in [6.07, 6.45) is -0.431. The monoisotopic (exact) mass is 541 g/mol. The summed E-state index contributed by atoms with van der Waals surface area (Å²) in [7, 11) is 0. The predicted octanol–water partition coefficient (Wildman–Crippen LogP) is 7.33. The maximum absolute atomic E-state index is 13.1. The summed E-state index contributed by atoms with van der Waals surface area (Å²) in [4.78, 5) is 24.0. The van der Waals surface area contributed by atoms with Crippen molar-refractivity contribution in [3.8, 4) is 11.5 Å². The lowest BCUT2D eigenvalue weighted by Crippen LogP contribution is -2.20. The number of urea groups is 1. The Hall–Kier alpha value is -3.89. The average molecular weight is 542 g/mol. The van der Waals surface area contributed by atoms with Crippen molar-refractivity contribution in [2.45, 2.75) is 25.6 Å². The molecule has 1 fully saturated rings. The number of nitrogens with zero attached hydrogens (tertiary/aromatic N) is 3. The molecule has 2 heterocycles. The van der Waals surface area contributed by atoms with E-state index in [1.54, 1.807) is 42.6 Å². The number of amides is 2. The van der Waals surface area contributed by atoms with Crippen molar-refractivity contribution in [1.29, 1.82) is 0 Å². The molecule has 0 spiro atoms. The van der Waals surface area contributed by atoms with Crippen LogP contribution in [0, 0.1) is 0 Å². The lowest BCUT2D eigenvalue weighted by Gasteiger charge is -2.14. The molecule has 7 nitrogen and oxygen atoms in total. The first-order valence-corrected chi connectivity index (χ1v) is 12.3. The van der Waals surface area contributed by atoms with E-state index in [0.717, 1.165) is 43.0 Å². The molecule has 0 atom stereocenters. The molecule has 38 heavy (non-hydrogen) atoms. The number of halogens is 4. The number of hydrogen-bond acceptors (Lipinski definition) is 5. The van der Waals surface area contributed by atoms with Gasteiger partial charge in [-0.05, 0) is 68.4 Å². The number of carbonyl (C=O) groups excluding carboxylic acids is 1. The van der Waals surface area contributed by atoms with Gasteiger partial charge >= 0.3 is 12.2 Å². The SMILES string of the molecule is O=C(Nc1cccc(Oc2ccc3ncc(CN4CCCC4)nc3c2)c1)Nc1ccc(Cl)c(C(F)(F)F)c1. The standard InChI is InChI=1S/C27H23ClF3N5O2/c28-23-8-6-18(13-22(23)27(29,30)31)35-26(37)34-17-4-3-5-20(12-17)38-21-7-9-24-25(14-21)33-19(15-32-24)16-36-10-1-2-11-36/h3-9,12-15H,1-2,10-11,16H2,(H2,34,35,37). The van der Waals surface area contributed by atoms with Gasteiger partial charge < -0.3 is 15.4 Å². The summed E-state index contributed by atoms with van der Waals surface area (Å²) >= 11 is 5.63. The number of alkyl halides is 3. The maximum Gasteiger partial charge on any atom is 0.417 e. The van der Waals surface area contributed by atoms with Crippen molar-refractivity contribution < 1.29 is 22.7 Å². The highest BCUT2D eigenvalue weighted by Gasteiger charge is 2.33. The van der Waals surface area contributed by atoms with Gasteiger partial charge in [0.25, 0.3) is 0 Å². The second kappa shape index (κ2) is 10.8. The highest BCUT2D eigenvalue weighted by atomic mass is 35.5. The largest absolute Gasteiger partial charge is 0.457 e. The summed E-state index contributed by atoms with van der Waals surface area (Å²) in [5.41, 5.74) is 1.68. The van der Waals surface area contributed by atoms with Crippen molar-refractivity contribution in [2.24, 2.45) is 0 Å². The molecule has 0 unspecified atom stereocenters. The first-order valence-electron chi connectivity index (χ1n) is 11.9. The van der Waals surface area contributed by atoms with Gasteiger partial charge in [-0.25, -0.2) is 9.78 Å². The molecular formula is C27H23ClF3N5O2. The molecule has 0 radical (unpaired) electrons. The molecule has 1 aromatic heterocycles. The van der Waals surface area contributed by atoms with Crippen LogP contribution in [0.4, 0.5) is 29.3 Å². The Morgan fingerprint density at radius 2 is 1.68 bits per heavy atom. The molecule has 2 amide bonds. The molecule has 2 N–H and O–H groups in total. The number of carbonyl (C=O) groups is 1. The highest BCUT2D eigenvalue weighted by molar-refractivity contribution is 6.31. The third-order valence-electron chi connectivity index (χ3n) is 6.01. The van der Waals surface area contributed by atoms with Crippen LogP contribution in [0.5, 0.6) is 11.5 Å². The van der Waals surface area contributed by atoms with E-state index in [-0.39, 0.29) is 5.69 Å². The normalized spacial score (nSPS) is 14.0. The number of benzene rings is 3. The van der Waals surface area contributed by atoms with E-state index in [1.807, 2.05) is 6.07 Å². The smallest absolute Gasteiger partial charge is 0.417 e. The zero-order chi connectivity index (χ0) is 26.7. The number of hydrogen-bond donors (Lipinski definition) is 2. The third-order valence-corrected chi connectivity index (χ3v) is 6.33. The van der Waals surface area contributed by atoms with Gasteiger partial charge in [-0.1, -0.05) is 17.7 Å². The number of anilines is 2. The Morgan fingerprint density at radius 1 is 0.947 bits per heavy atom. The van der Waals surface area contributed by atoms with Crippen molar-refractivity contribution in [3.63, 3.8) is 0 Å². The molecule has 1 aliphatic rings. The Morgan fingerprint density at radius 3 is 2.45 bits per heavy atom. The number of ether oxygens (including phenoxy) is 1. The fraction of sp³-hybridized carbons (Fsp3) is 0.222. The van der Waals surface area contributed by atoms with E-state index in [2.05, 4.69) is 20.5 Å². The highest BCUT2D eigenvalue weighted by Crippen LogP contribution is 2.36. The second-order valence-corrected chi connectivity index (χ2v) is 9.30. The maximum atomic E-state index is 13.1. The van der Waals surface area contributed by atoms with Gasteiger partial charge in [0.2, 0.25) is 0 Å². The van der Waals surface area contributed by atoms with E-state index in [9.17, 15) is 18.0 Å². The molecule has 1 saturated heterocycles. The number of aromatic nitrogens is 2. The third kappa shape index (κ3) is 6.32. The second-order valence-electron chi connectivity index (χ2n) is 8.90. The van der Waals surface area contributed by atoms with Crippen LogP contribution >= 0.6 is 11.6 Å². The van der Waals surface area contributed by atoms with Crippen molar-refractivity contribution in [2.75, 3.05) is 23.7 Å². The molecular weight excluding hydrogens is 519 g/mol. The minimum atomic E-state index is -4.64. The average Bonchev–Trinajstić information content (AvgIpc) is 3.37. The lowest BCUT2D eigenvalue weighted by atomic mass is 10.2. The minimum Gasteiger partial charge on any atom is -0.457 e. The van der Waals surface area contributed by atoms with Crippen molar-refractivity contribution in [1.82, 2.24) is 14.9 Å². The first kappa shape index (κ1) is 25.7. The van der Waals surface area contributed by atoms with Gasteiger partial charge in [-0.3, -0.25) is 9.88 Å². The van der Waals surface area contributed by atoms with E-state index < -0.39 is 22.8 Å². The zero-order valence-corrected chi connectivity index (χ0v) is 20.8. The fourth-order valence-electron chi connectivity index (χ4n) is 4.23. The van der Waals surface area contributed by atoms with Crippen LogP contribution in [0.15, 0.2) is 66.9 Å². The summed E-state index contributed by atoms with van der Waals surface area (Å²) < 4.78 is 45.2. The number of likely N-dealkylation sites (tertiary alicyclic amines) is 1. The summed E-state index contributed by atoms with van der Waals surface area (Å²) in [5, 5.41) is 4.52. The molecule has 0 bridgehead atoms. The van der Waals surface area contributed by atoms with Crippen LogP contribution in [-0.4, -0.2) is 34.0 Å². The van der Waals surface area contributed by atoms with Gasteiger partial charge in [0.1, 0.15) is 11.5 Å².